The molecule has 0 aliphatic heterocycles. The molecule has 0 atom stereocenters. The van der Waals surface area contributed by atoms with E-state index in [0.29, 0.717) is 6.54 Å². The molecule has 14 heavy (non-hydrogen) atoms. The number of hydrogen-bond donors (Lipinski definition) is 1. The average molecular weight is 191 g/mol. The van der Waals surface area contributed by atoms with Crippen molar-refractivity contribution in [2.24, 2.45) is 5.73 Å². The molecular formula is C12H17NO. The first-order valence-corrected chi connectivity index (χ1v) is 5.33. The Hall–Kier alpha value is -1.02. The van der Waals surface area contributed by atoms with Crippen LogP contribution in [0.15, 0.2) is 24.3 Å². The van der Waals surface area contributed by atoms with Crippen LogP contribution in [0, 0.1) is 0 Å². The first kappa shape index (κ1) is 9.53. The molecule has 1 aliphatic rings. The molecular weight excluding hydrogens is 174 g/mol. The van der Waals surface area contributed by atoms with Gasteiger partial charge in [-0.2, -0.15) is 0 Å². The lowest BCUT2D eigenvalue weighted by atomic mass is 10.1. The van der Waals surface area contributed by atoms with Crippen LogP contribution in [0.3, 0.4) is 0 Å². The summed E-state index contributed by atoms with van der Waals surface area (Å²) in [6, 6.07) is 8.47. The summed E-state index contributed by atoms with van der Waals surface area (Å²) in [7, 11) is 0. The zero-order valence-electron chi connectivity index (χ0n) is 8.41. The first-order valence-electron chi connectivity index (χ1n) is 5.33. The Balaban J connectivity index is 1.86. The lowest BCUT2D eigenvalue weighted by molar-refractivity contribution is 0.313. The molecule has 0 amide bonds. The fraction of sp³-hybridized carbons (Fsp3) is 0.500. The molecule has 1 aliphatic carbocycles. The van der Waals surface area contributed by atoms with Gasteiger partial charge in [-0.15, -0.1) is 0 Å². The maximum Gasteiger partial charge on any atom is 0.119 e. The van der Waals surface area contributed by atoms with Crippen molar-refractivity contribution in [1.82, 2.24) is 0 Å². The molecule has 1 saturated carbocycles. The van der Waals surface area contributed by atoms with Crippen LogP contribution >= 0.6 is 0 Å². The topological polar surface area (TPSA) is 35.2 Å². The second kappa shape index (κ2) is 4.47. The maximum absolute atomic E-state index is 5.52. The number of rotatable bonds is 5. The van der Waals surface area contributed by atoms with E-state index >= 15 is 0 Å². The van der Waals surface area contributed by atoms with E-state index in [1.54, 1.807) is 0 Å². The normalized spacial score (nSPS) is 15.5. The number of ether oxygens (including phenoxy) is 1. The van der Waals surface area contributed by atoms with Crippen LogP contribution in [-0.4, -0.2) is 13.2 Å². The van der Waals surface area contributed by atoms with Crippen LogP contribution in [0.5, 0.6) is 5.75 Å². The van der Waals surface area contributed by atoms with Gasteiger partial charge < -0.3 is 10.5 Å². The molecule has 0 spiro atoms. The van der Waals surface area contributed by atoms with Crippen molar-refractivity contribution in [2.75, 3.05) is 13.2 Å². The summed E-state index contributed by atoms with van der Waals surface area (Å²) in [5.41, 5.74) is 6.84. The molecule has 0 heterocycles. The highest BCUT2D eigenvalue weighted by molar-refractivity contribution is 5.31. The minimum atomic E-state index is 0.695. The molecule has 0 radical (unpaired) electrons. The van der Waals surface area contributed by atoms with Crippen molar-refractivity contribution < 1.29 is 4.74 Å². The molecule has 0 unspecified atom stereocenters. The van der Waals surface area contributed by atoms with E-state index in [9.17, 15) is 0 Å². The summed E-state index contributed by atoms with van der Waals surface area (Å²) in [6.45, 7) is 1.42. The number of benzene rings is 1. The van der Waals surface area contributed by atoms with Crippen LogP contribution in [0.4, 0.5) is 0 Å². The summed E-state index contributed by atoms with van der Waals surface area (Å²) in [6.07, 6.45) is 3.63. The van der Waals surface area contributed by atoms with Crippen molar-refractivity contribution >= 4 is 0 Å². The fourth-order valence-electron chi connectivity index (χ4n) is 1.53. The van der Waals surface area contributed by atoms with Gasteiger partial charge in [0.2, 0.25) is 0 Å². The van der Waals surface area contributed by atoms with Gasteiger partial charge >= 0.3 is 0 Å². The predicted octanol–water partition coefficient (Wildman–Crippen LogP) is 2.29. The van der Waals surface area contributed by atoms with Gasteiger partial charge in [-0.1, -0.05) is 12.1 Å². The van der Waals surface area contributed by atoms with E-state index in [1.807, 2.05) is 0 Å². The monoisotopic (exact) mass is 191 g/mol. The van der Waals surface area contributed by atoms with Crippen LogP contribution in [0.2, 0.25) is 0 Å². The average Bonchev–Trinajstić information content (AvgIpc) is 3.03. The molecule has 1 fully saturated rings. The minimum absolute atomic E-state index is 0.695. The lowest BCUT2D eigenvalue weighted by Crippen LogP contribution is -2.05. The van der Waals surface area contributed by atoms with Crippen LogP contribution < -0.4 is 10.5 Å². The van der Waals surface area contributed by atoms with Crippen molar-refractivity contribution in [3.8, 4) is 5.75 Å². The number of hydrogen-bond acceptors (Lipinski definition) is 2. The highest BCUT2D eigenvalue weighted by atomic mass is 16.5. The summed E-state index contributed by atoms with van der Waals surface area (Å²) in [5.74, 6) is 1.79. The van der Waals surface area contributed by atoms with Gasteiger partial charge in [-0.3, -0.25) is 0 Å². The van der Waals surface area contributed by atoms with E-state index in [-0.39, 0.29) is 0 Å². The zero-order chi connectivity index (χ0) is 9.80. The zero-order valence-corrected chi connectivity index (χ0v) is 8.41. The van der Waals surface area contributed by atoms with Crippen molar-refractivity contribution in [3.05, 3.63) is 29.8 Å². The Morgan fingerprint density at radius 2 is 1.93 bits per heavy atom. The summed E-state index contributed by atoms with van der Waals surface area (Å²) in [5, 5.41) is 0. The third-order valence-electron chi connectivity index (χ3n) is 2.55. The van der Waals surface area contributed by atoms with Crippen molar-refractivity contribution in [3.63, 3.8) is 0 Å². The molecule has 0 aromatic heterocycles. The molecule has 1 aromatic carbocycles. The van der Waals surface area contributed by atoms with E-state index in [2.05, 4.69) is 24.3 Å². The van der Waals surface area contributed by atoms with Crippen molar-refractivity contribution in [2.45, 2.75) is 25.2 Å². The van der Waals surface area contributed by atoms with Gasteiger partial charge in [-0.05, 0) is 49.4 Å². The third-order valence-corrected chi connectivity index (χ3v) is 2.55. The standard InChI is InChI=1S/C12H17NO/c13-8-1-9-14-12-6-4-11(5-7-12)10-2-3-10/h4-7,10H,1-3,8-9,13H2. The van der Waals surface area contributed by atoms with Gasteiger partial charge in [-0.25, -0.2) is 0 Å². The molecule has 2 heteroatoms. The Morgan fingerprint density at radius 3 is 2.50 bits per heavy atom. The Morgan fingerprint density at radius 1 is 1.21 bits per heavy atom. The third kappa shape index (κ3) is 2.48. The van der Waals surface area contributed by atoms with Crippen molar-refractivity contribution in [1.29, 1.82) is 0 Å². The molecule has 76 valence electrons. The van der Waals surface area contributed by atoms with E-state index in [4.69, 9.17) is 10.5 Å². The second-order valence-corrected chi connectivity index (χ2v) is 3.83. The lowest BCUT2D eigenvalue weighted by Gasteiger charge is -2.05. The summed E-state index contributed by atoms with van der Waals surface area (Å²) in [4.78, 5) is 0. The second-order valence-electron chi connectivity index (χ2n) is 3.83. The Kier molecular flexibility index (Phi) is 3.04. The fourth-order valence-corrected chi connectivity index (χ4v) is 1.53. The number of nitrogens with two attached hydrogens (primary N) is 1. The predicted molar refractivity (Wildman–Crippen MR) is 57.6 cm³/mol. The van der Waals surface area contributed by atoms with E-state index < -0.39 is 0 Å². The van der Waals surface area contributed by atoms with Gasteiger partial charge in [0, 0.05) is 0 Å². The molecule has 1 aromatic rings. The molecule has 2 rings (SSSR count). The van der Waals surface area contributed by atoms with Gasteiger partial charge in [0.25, 0.3) is 0 Å². The van der Waals surface area contributed by atoms with E-state index in [1.165, 1.54) is 18.4 Å². The smallest absolute Gasteiger partial charge is 0.119 e. The Labute approximate surface area is 85.1 Å². The summed E-state index contributed by atoms with van der Waals surface area (Å²) >= 11 is 0. The largest absolute Gasteiger partial charge is 0.494 e. The Bertz CT molecular complexity index is 277. The van der Waals surface area contributed by atoms with Gasteiger partial charge in [0.05, 0.1) is 6.61 Å². The summed E-state index contributed by atoms with van der Waals surface area (Å²) < 4.78 is 5.52. The van der Waals surface area contributed by atoms with Gasteiger partial charge in [0.15, 0.2) is 0 Å². The molecule has 2 N–H and O–H groups in total. The van der Waals surface area contributed by atoms with Crippen LogP contribution in [0.1, 0.15) is 30.7 Å². The van der Waals surface area contributed by atoms with Crippen LogP contribution in [-0.2, 0) is 0 Å². The first-order chi connectivity index (χ1) is 6.90. The minimum Gasteiger partial charge on any atom is -0.494 e. The highest BCUT2D eigenvalue weighted by Gasteiger charge is 2.22. The molecule has 0 saturated heterocycles. The molecule has 0 bridgehead atoms. The van der Waals surface area contributed by atoms with Crippen LogP contribution in [0.25, 0.3) is 0 Å². The maximum atomic E-state index is 5.52. The molecule has 2 nitrogen and oxygen atoms in total. The SMILES string of the molecule is NCCCOc1ccc(C2CC2)cc1. The highest BCUT2D eigenvalue weighted by Crippen LogP contribution is 2.40. The quantitative estimate of drug-likeness (QED) is 0.725. The van der Waals surface area contributed by atoms with Gasteiger partial charge in [0.1, 0.15) is 5.75 Å². The van der Waals surface area contributed by atoms with E-state index in [0.717, 1.165) is 24.7 Å².